The van der Waals surface area contributed by atoms with Gasteiger partial charge in [-0.2, -0.15) is 0 Å². The number of para-hydroxylation sites is 1. The molecule has 8 heteroatoms. The van der Waals surface area contributed by atoms with E-state index in [4.69, 9.17) is 0 Å². The second-order valence-electron chi connectivity index (χ2n) is 6.54. The van der Waals surface area contributed by atoms with E-state index in [0.29, 0.717) is 11.7 Å². The molecule has 0 spiro atoms. The number of likely N-dealkylation sites (tertiary alicyclic amines) is 1. The van der Waals surface area contributed by atoms with Crippen LogP contribution in [0, 0.1) is 0 Å². The van der Waals surface area contributed by atoms with E-state index in [9.17, 15) is 14.4 Å². The van der Waals surface area contributed by atoms with Gasteiger partial charge in [-0.3, -0.25) is 24.2 Å². The van der Waals surface area contributed by atoms with Crippen molar-refractivity contribution in [3.8, 4) is 0 Å². The SMILES string of the molecule is CN(C)CCCN(C(=O)CN1C(=O)CCC1=O)c1nc2ccccc2s1. The number of hydrogen-bond acceptors (Lipinski definition) is 6. The Morgan fingerprint density at radius 3 is 2.50 bits per heavy atom. The summed E-state index contributed by atoms with van der Waals surface area (Å²) < 4.78 is 1.00. The molecule has 1 aromatic carbocycles. The van der Waals surface area contributed by atoms with Crippen molar-refractivity contribution in [2.75, 3.05) is 38.6 Å². The molecule has 0 saturated carbocycles. The minimum absolute atomic E-state index is 0.188. The van der Waals surface area contributed by atoms with E-state index in [-0.39, 0.29) is 37.1 Å². The Morgan fingerprint density at radius 1 is 1.15 bits per heavy atom. The summed E-state index contributed by atoms with van der Waals surface area (Å²) in [5, 5.41) is 0.606. The Bertz CT molecular complexity index is 784. The first-order valence-electron chi connectivity index (χ1n) is 8.59. The van der Waals surface area contributed by atoms with E-state index >= 15 is 0 Å². The van der Waals surface area contributed by atoms with Crippen LogP contribution < -0.4 is 4.90 Å². The Labute approximate surface area is 156 Å². The van der Waals surface area contributed by atoms with Crippen molar-refractivity contribution in [3.05, 3.63) is 24.3 Å². The molecule has 0 N–H and O–H groups in total. The van der Waals surface area contributed by atoms with Crippen LogP contribution in [-0.2, 0) is 14.4 Å². The van der Waals surface area contributed by atoms with Crippen molar-refractivity contribution in [2.24, 2.45) is 0 Å². The van der Waals surface area contributed by atoms with Crippen molar-refractivity contribution < 1.29 is 14.4 Å². The molecule has 1 aliphatic rings. The standard InChI is InChI=1S/C18H22N4O3S/c1-20(2)10-5-11-21(17(25)12-22-15(23)8-9-16(22)24)18-19-13-6-3-4-7-14(13)26-18/h3-4,6-7H,5,8-12H2,1-2H3. The number of rotatable bonds is 7. The minimum atomic E-state index is -0.277. The summed E-state index contributed by atoms with van der Waals surface area (Å²) in [4.78, 5) is 45.8. The van der Waals surface area contributed by atoms with E-state index < -0.39 is 0 Å². The van der Waals surface area contributed by atoms with Gasteiger partial charge in [0.15, 0.2) is 5.13 Å². The molecule has 138 valence electrons. The molecule has 2 aromatic rings. The van der Waals surface area contributed by atoms with Crippen LogP contribution in [0.1, 0.15) is 19.3 Å². The molecule has 1 aromatic heterocycles. The molecule has 0 bridgehead atoms. The monoisotopic (exact) mass is 374 g/mol. The third-order valence-corrected chi connectivity index (χ3v) is 5.31. The van der Waals surface area contributed by atoms with Crippen LogP contribution in [0.15, 0.2) is 24.3 Å². The Hall–Kier alpha value is -2.32. The number of carbonyl (C=O) groups is 3. The van der Waals surface area contributed by atoms with Gasteiger partial charge in [0.2, 0.25) is 17.7 Å². The van der Waals surface area contributed by atoms with Gasteiger partial charge in [-0.15, -0.1) is 0 Å². The fraction of sp³-hybridized carbons (Fsp3) is 0.444. The highest BCUT2D eigenvalue weighted by Crippen LogP contribution is 2.29. The molecule has 1 aliphatic heterocycles. The molecule has 0 unspecified atom stereocenters. The quantitative estimate of drug-likeness (QED) is 0.690. The number of imide groups is 1. The third-order valence-electron chi connectivity index (χ3n) is 4.25. The topological polar surface area (TPSA) is 73.8 Å². The molecule has 26 heavy (non-hydrogen) atoms. The van der Waals surface area contributed by atoms with Crippen molar-refractivity contribution in [1.29, 1.82) is 0 Å². The Kier molecular flexibility index (Phi) is 5.63. The van der Waals surface area contributed by atoms with Gasteiger partial charge in [0.05, 0.1) is 10.2 Å². The molecule has 1 fully saturated rings. The number of aromatic nitrogens is 1. The summed E-state index contributed by atoms with van der Waals surface area (Å²) in [6.07, 6.45) is 1.15. The second kappa shape index (κ2) is 7.92. The van der Waals surface area contributed by atoms with Gasteiger partial charge in [-0.1, -0.05) is 23.5 Å². The number of thiazole rings is 1. The van der Waals surface area contributed by atoms with Crippen molar-refractivity contribution in [2.45, 2.75) is 19.3 Å². The summed E-state index contributed by atoms with van der Waals surface area (Å²) in [6, 6.07) is 7.72. The molecule has 3 rings (SSSR count). The largest absolute Gasteiger partial charge is 0.309 e. The maximum atomic E-state index is 12.9. The zero-order valence-electron chi connectivity index (χ0n) is 15.0. The summed E-state index contributed by atoms with van der Waals surface area (Å²) in [6.45, 7) is 1.11. The van der Waals surface area contributed by atoms with Crippen LogP contribution in [0.4, 0.5) is 5.13 Å². The lowest BCUT2D eigenvalue weighted by Crippen LogP contribution is -2.43. The molecule has 3 amide bonds. The number of nitrogens with zero attached hydrogens (tertiary/aromatic N) is 4. The number of benzene rings is 1. The average Bonchev–Trinajstić information content (AvgIpc) is 3.16. The van der Waals surface area contributed by atoms with E-state index in [2.05, 4.69) is 9.88 Å². The Balaban J connectivity index is 1.81. The fourth-order valence-electron chi connectivity index (χ4n) is 2.87. The number of amides is 3. The fourth-order valence-corrected chi connectivity index (χ4v) is 3.88. The lowest BCUT2D eigenvalue weighted by molar-refractivity contribution is -0.141. The van der Waals surface area contributed by atoms with Crippen LogP contribution in [-0.4, -0.2) is 66.2 Å². The zero-order valence-corrected chi connectivity index (χ0v) is 15.8. The van der Waals surface area contributed by atoms with Crippen LogP contribution >= 0.6 is 11.3 Å². The maximum Gasteiger partial charge on any atom is 0.248 e. The van der Waals surface area contributed by atoms with Gasteiger partial charge in [0.1, 0.15) is 6.54 Å². The molecule has 2 heterocycles. The van der Waals surface area contributed by atoms with Gasteiger partial charge in [-0.05, 0) is 39.2 Å². The number of hydrogen-bond donors (Lipinski definition) is 0. The number of fused-ring (bicyclic) bond motifs is 1. The summed E-state index contributed by atoms with van der Waals surface area (Å²) in [5.74, 6) is -0.826. The highest BCUT2D eigenvalue weighted by atomic mass is 32.1. The zero-order chi connectivity index (χ0) is 18.7. The molecule has 1 saturated heterocycles. The van der Waals surface area contributed by atoms with Gasteiger partial charge in [-0.25, -0.2) is 4.98 Å². The summed E-state index contributed by atoms with van der Waals surface area (Å²) in [7, 11) is 3.96. The first-order valence-corrected chi connectivity index (χ1v) is 9.41. The van der Waals surface area contributed by atoms with Crippen molar-refractivity contribution >= 4 is 44.4 Å². The molecule has 7 nitrogen and oxygen atoms in total. The number of anilines is 1. The Morgan fingerprint density at radius 2 is 1.85 bits per heavy atom. The smallest absolute Gasteiger partial charge is 0.248 e. The normalized spacial score (nSPS) is 14.7. The summed E-state index contributed by atoms with van der Waals surface area (Å²) in [5.41, 5.74) is 0.839. The maximum absolute atomic E-state index is 12.9. The molecule has 0 radical (unpaired) electrons. The van der Waals surface area contributed by atoms with Gasteiger partial charge in [0.25, 0.3) is 0 Å². The van der Waals surface area contributed by atoms with E-state index in [0.717, 1.165) is 28.1 Å². The lowest BCUT2D eigenvalue weighted by Gasteiger charge is -2.23. The van der Waals surface area contributed by atoms with E-state index in [1.807, 2.05) is 38.4 Å². The first kappa shape index (κ1) is 18.5. The van der Waals surface area contributed by atoms with Crippen molar-refractivity contribution in [3.63, 3.8) is 0 Å². The second-order valence-corrected chi connectivity index (χ2v) is 7.55. The molecule has 0 aliphatic carbocycles. The van der Waals surface area contributed by atoms with Gasteiger partial charge >= 0.3 is 0 Å². The predicted octanol–water partition coefficient (Wildman–Crippen LogP) is 1.73. The van der Waals surface area contributed by atoms with Crippen LogP contribution in [0.3, 0.4) is 0 Å². The first-order chi connectivity index (χ1) is 12.5. The lowest BCUT2D eigenvalue weighted by atomic mass is 10.3. The minimum Gasteiger partial charge on any atom is -0.309 e. The van der Waals surface area contributed by atoms with E-state index in [1.165, 1.54) is 11.3 Å². The molecule has 0 atom stereocenters. The van der Waals surface area contributed by atoms with E-state index in [1.54, 1.807) is 4.90 Å². The van der Waals surface area contributed by atoms with Gasteiger partial charge in [0, 0.05) is 19.4 Å². The highest BCUT2D eigenvalue weighted by Gasteiger charge is 2.32. The van der Waals surface area contributed by atoms with Crippen molar-refractivity contribution in [1.82, 2.24) is 14.8 Å². The molecular weight excluding hydrogens is 352 g/mol. The van der Waals surface area contributed by atoms with Crippen LogP contribution in [0.5, 0.6) is 0 Å². The average molecular weight is 374 g/mol. The predicted molar refractivity (Wildman–Crippen MR) is 101 cm³/mol. The molecular formula is C18H22N4O3S. The summed E-state index contributed by atoms with van der Waals surface area (Å²) >= 11 is 1.44. The van der Waals surface area contributed by atoms with Crippen LogP contribution in [0.2, 0.25) is 0 Å². The highest BCUT2D eigenvalue weighted by molar-refractivity contribution is 7.22. The third kappa shape index (κ3) is 4.08. The van der Waals surface area contributed by atoms with Gasteiger partial charge < -0.3 is 4.90 Å². The van der Waals surface area contributed by atoms with Crippen LogP contribution in [0.25, 0.3) is 10.2 Å². The number of carbonyl (C=O) groups excluding carboxylic acids is 3.